The van der Waals surface area contributed by atoms with Gasteiger partial charge in [-0.25, -0.2) is 4.79 Å². The number of hydrogen-bond donors (Lipinski definition) is 1. The lowest BCUT2D eigenvalue weighted by Crippen LogP contribution is -2.30. The van der Waals surface area contributed by atoms with Crippen molar-refractivity contribution in [3.8, 4) is 11.5 Å². The van der Waals surface area contributed by atoms with Crippen molar-refractivity contribution in [2.75, 3.05) is 7.11 Å². The van der Waals surface area contributed by atoms with Crippen LogP contribution >= 0.6 is 50.1 Å². The van der Waals surface area contributed by atoms with Gasteiger partial charge < -0.3 is 14.8 Å². The van der Waals surface area contributed by atoms with Crippen molar-refractivity contribution in [1.29, 1.82) is 0 Å². The number of ether oxygens (including phenoxy) is 2. The van der Waals surface area contributed by atoms with Crippen molar-refractivity contribution >= 4 is 68.1 Å². The number of carbonyl (C=O) groups is 2. The molecule has 1 aliphatic heterocycles. The lowest BCUT2D eigenvalue weighted by Gasteiger charge is -2.14. The molecule has 174 valence electrons. The summed E-state index contributed by atoms with van der Waals surface area (Å²) in [6.07, 6.45) is 1.57. The Hall–Kier alpha value is -2.56. The van der Waals surface area contributed by atoms with Crippen LogP contribution in [0.15, 0.2) is 70.8 Å². The number of nitrogens with one attached hydrogen (secondary N) is 1. The van der Waals surface area contributed by atoms with E-state index < -0.39 is 11.9 Å². The zero-order valence-corrected chi connectivity index (χ0v) is 22.5. The first-order valence-corrected chi connectivity index (χ1v) is 12.4. The third-order valence-electron chi connectivity index (χ3n) is 5.08. The molecule has 0 radical (unpaired) electrons. The monoisotopic (exact) mass is 652 g/mol. The molecule has 0 atom stereocenters. The van der Waals surface area contributed by atoms with E-state index in [0.717, 1.165) is 24.1 Å². The minimum Gasteiger partial charge on any atom is -0.493 e. The minimum atomic E-state index is -0.477. The van der Waals surface area contributed by atoms with Gasteiger partial charge in [0.05, 0.1) is 18.7 Å². The summed E-state index contributed by atoms with van der Waals surface area (Å²) in [6.45, 7) is 0.498. The second-order valence-corrected chi connectivity index (χ2v) is 10.0. The molecule has 1 aliphatic rings. The number of carbonyl (C=O) groups excluding carboxylic acids is 2. The number of hydrogen-bond acceptors (Lipinski definition) is 4. The highest BCUT2D eigenvalue weighted by molar-refractivity contribution is 14.1. The second-order valence-electron chi connectivity index (χ2n) is 7.46. The van der Waals surface area contributed by atoms with Crippen molar-refractivity contribution in [3.05, 3.63) is 96.1 Å². The molecule has 0 aromatic heterocycles. The molecule has 1 heterocycles. The molecule has 3 aromatic carbocycles. The number of nitrogens with zero attached hydrogens (tertiary/aromatic N) is 1. The van der Waals surface area contributed by atoms with Crippen LogP contribution in [-0.4, -0.2) is 23.9 Å². The molecule has 9 heteroatoms. The van der Waals surface area contributed by atoms with Gasteiger partial charge in [0.1, 0.15) is 12.3 Å². The molecule has 0 spiro atoms. The molecule has 0 unspecified atom stereocenters. The fraction of sp³-hybridized carbons (Fsp3) is 0.120. The Bertz CT molecular complexity index is 1260. The van der Waals surface area contributed by atoms with Crippen LogP contribution in [0.4, 0.5) is 4.79 Å². The quantitative estimate of drug-likeness (QED) is 0.183. The maximum atomic E-state index is 12.9. The third kappa shape index (κ3) is 5.73. The summed E-state index contributed by atoms with van der Waals surface area (Å²) in [5.41, 5.74) is 2.59. The van der Waals surface area contributed by atoms with Crippen molar-refractivity contribution < 1.29 is 19.1 Å². The zero-order valence-electron chi connectivity index (χ0n) is 18.0. The highest BCUT2D eigenvalue weighted by Crippen LogP contribution is 2.37. The Morgan fingerprint density at radius 2 is 1.74 bits per heavy atom. The predicted molar refractivity (Wildman–Crippen MR) is 143 cm³/mol. The summed E-state index contributed by atoms with van der Waals surface area (Å²) in [5, 5.41) is 2.96. The minimum absolute atomic E-state index is 0.160. The topological polar surface area (TPSA) is 67.9 Å². The molecular weight excluding hydrogens is 635 g/mol. The summed E-state index contributed by atoms with van der Waals surface area (Å²) in [7, 11) is 1.52. The van der Waals surface area contributed by atoms with Gasteiger partial charge in [-0.3, -0.25) is 9.69 Å². The number of urea groups is 1. The van der Waals surface area contributed by atoms with Gasteiger partial charge >= 0.3 is 6.03 Å². The summed E-state index contributed by atoms with van der Waals surface area (Å²) in [6, 6.07) is 18.3. The van der Waals surface area contributed by atoms with E-state index in [1.54, 1.807) is 18.2 Å². The van der Waals surface area contributed by atoms with Gasteiger partial charge in [0.25, 0.3) is 5.91 Å². The first kappa shape index (κ1) is 24.6. The third-order valence-corrected chi connectivity index (χ3v) is 6.60. The fourth-order valence-electron chi connectivity index (χ4n) is 3.35. The van der Waals surface area contributed by atoms with Crippen LogP contribution in [-0.2, 0) is 17.9 Å². The Morgan fingerprint density at radius 3 is 2.41 bits per heavy atom. The van der Waals surface area contributed by atoms with E-state index in [4.69, 9.17) is 21.1 Å². The Balaban J connectivity index is 1.52. The number of methoxy groups -OCH3 is 1. The van der Waals surface area contributed by atoms with Crippen molar-refractivity contribution in [1.82, 2.24) is 10.2 Å². The van der Waals surface area contributed by atoms with Crippen LogP contribution in [0.5, 0.6) is 11.5 Å². The lowest BCUT2D eigenvalue weighted by molar-refractivity contribution is -0.123. The fourth-order valence-corrected chi connectivity index (χ4v) is 4.25. The zero-order chi connectivity index (χ0) is 24.2. The van der Waals surface area contributed by atoms with Crippen LogP contribution in [0.25, 0.3) is 6.08 Å². The largest absolute Gasteiger partial charge is 0.493 e. The van der Waals surface area contributed by atoms with Gasteiger partial charge in [0, 0.05) is 8.04 Å². The summed E-state index contributed by atoms with van der Waals surface area (Å²) in [4.78, 5) is 26.4. The first-order valence-electron chi connectivity index (χ1n) is 10.2. The van der Waals surface area contributed by atoms with Crippen LogP contribution in [0, 0.1) is 3.57 Å². The van der Waals surface area contributed by atoms with E-state index in [-0.39, 0.29) is 12.2 Å². The molecule has 1 saturated heterocycles. The predicted octanol–water partition coefficient (Wildman–Crippen LogP) is 6.39. The van der Waals surface area contributed by atoms with Crippen LogP contribution in [0.2, 0.25) is 5.02 Å². The molecule has 0 saturated carbocycles. The van der Waals surface area contributed by atoms with E-state index in [0.29, 0.717) is 28.7 Å². The molecule has 3 amide bonds. The van der Waals surface area contributed by atoms with Crippen molar-refractivity contribution in [3.63, 3.8) is 0 Å². The smallest absolute Gasteiger partial charge is 0.329 e. The van der Waals surface area contributed by atoms with Gasteiger partial charge in [-0.2, -0.15) is 0 Å². The van der Waals surface area contributed by atoms with Gasteiger partial charge in [-0.1, -0.05) is 51.8 Å². The van der Waals surface area contributed by atoms with Crippen LogP contribution < -0.4 is 14.8 Å². The summed E-state index contributed by atoms with van der Waals surface area (Å²) < 4.78 is 13.4. The highest BCUT2D eigenvalue weighted by atomic mass is 127. The molecule has 1 N–H and O–H groups in total. The summed E-state index contributed by atoms with van der Waals surface area (Å²) >= 11 is 12.1. The second kappa shape index (κ2) is 10.8. The summed E-state index contributed by atoms with van der Waals surface area (Å²) in [5.74, 6) is 0.416. The number of imide groups is 1. The standard InChI is InChI=1S/C25H19BrClIN2O4/c1-33-22-12-17(10-20(27)23(22)34-14-16-4-8-19(28)9-5-16)11-21-24(31)30(25(32)29-21)13-15-2-6-18(26)7-3-15/h2-12H,13-14H2,1H3,(H,29,32)/b21-11+. The molecule has 4 rings (SSSR count). The molecule has 6 nitrogen and oxygen atoms in total. The number of benzene rings is 3. The van der Waals surface area contributed by atoms with Crippen LogP contribution in [0.1, 0.15) is 16.7 Å². The van der Waals surface area contributed by atoms with E-state index in [1.807, 2.05) is 48.5 Å². The average molecular weight is 654 g/mol. The van der Waals surface area contributed by atoms with Gasteiger partial charge in [-0.15, -0.1) is 0 Å². The SMILES string of the molecule is COc1cc(/C=C2/NC(=O)N(Cc3ccc(Br)cc3)C2=O)cc(Cl)c1OCc1ccc(I)cc1. The maximum Gasteiger partial charge on any atom is 0.329 e. The Labute approximate surface area is 224 Å². The van der Waals surface area contributed by atoms with E-state index in [2.05, 4.69) is 43.8 Å². The lowest BCUT2D eigenvalue weighted by atomic mass is 10.1. The maximum absolute atomic E-state index is 12.9. The number of halogens is 3. The van der Waals surface area contributed by atoms with Crippen molar-refractivity contribution in [2.24, 2.45) is 0 Å². The van der Waals surface area contributed by atoms with Crippen molar-refractivity contribution in [2.45, 2.75) is 13.2 Å². The number of rotatable bonds is 7. The average Bonchev–Trinajstić information content (AvgIpc) is 3.07. The Morgan fingerprint density at radius 1 is 1.06 bits per heavy atom. The molecule has 1 fully saturated rings. The normalized spacial score (nSPS) is 14.5. The van der Waals surface area contributed by atoms with E-state index in [1.165, 1.54) is 7.11 Å². The molecule has 34 heavy (non-hydrogen) atoms. The van der Waals surface area contributed by atoms with E-state index in [9.17, 15) is 9.59 Å². The Kier molecular flexibility index (Phi) is 7.80. The molecule has 0 aliphatic carbocycles. The number of amides is 3. The molecule has 3 aromatic rings. The first-order chi connectivity index (χ1) is 16.3. The van der Waals surface area contributed by atoms with E-state index >= 15 is 0 Å². The van der Waals surface area contributed by atoms with Gasteiger partial charge in [0.15, 0.2) is 11.5 Å². The van der Waals surface area contributed by atoms with Gasteiger partial charge in [0.2, 0.25) is 0 Å². The molecule has 0 bridgehead atoms. The molecular formula is C25H19BrClIN2O4. The highest BCUT2D eigenvalue weighted by Gasteiger charge is 2.33. The van der Waals surface area contributed by atoms with Crippen LogP contribution in [0.3, 0.4) is 0 Å². The van der Waals surface area contributed by atoms with Gasteiger partial charge in [-0.05, 0) is 81.8 Å².